The van der Waals surface area contributed by atoms with Crippen molar-refractivity contribution in [2.75, 3.05) is 13.2 Å². The minimum absolute atomic E-state index is 0.0775. The summed E-state index contributed by atoms with van der Waals surface area (Å²) >= 11 is 0. The molecule has 9 heteroatoms. The van der Waals surface area contributed by atoms with E-state index in [0.717, 1.165) is 24.8 Å². The zero-order valence-electron chi connectivity index (χ0n) is 23.2. The second-order valence-electron chi connectivity index (χ2n) is 11.8. The molecule has 0 amide bonds. The summed E-state index contributed by atoms with van der Waals surface area (Å²) in [7, 11) is 0. The predicted octanol–water partition coefficient (Wildman–Crippen LogP) is 2.36. The van der Waals surface area contributed by atoms with E-state index in [1.807, 2.05) is 18.2 Å². The largest absolute Gasteiger partial charge is 0.486 e. The van der Waals surface area contributed by atoms with Crippen LogP contribution in [0.3, 0.4) is 0 Å². The quantitative estimate of drug-likeness (QED) is 0.224. The smallest absolute Gasteiger partial charge is 0.243 e. The van der Waals surface area contributed by atoms with Crippen LogP contribution in [0.15, 0.2) is 49.3 Å². The summed E-state index contributed by atoms with van der Waals surface area (Å²) in [5, 5.41) is 64.5. The van der Waals surface area contributed by atoms with E-state index in [1.165, 1.54) is 6.26 Å². The van der Waals surface area contributed by atoms with Crippen LogP contribution >= 0.6 is 0 Å². The van der Waals surface area contributed by atoms with Crippen LogP contribution in [0.4, 0.5) is 0 Å². The number of hydrogen-bond acceptors (Lipinski definition) is 9. The minimum Gasteiger partial charge on any atom is -0.486 e. The Morgan fingerprint density at radius 2 is 1.82 bits per heavy atom. The third kappa shape index (κ3) is 6.90. The van der Waals surface area contributed by atoms with Gasteiger partial charge in [0.25, 0.3) is 0 Å². The Hall–Kier alpha value is -1.98. The van der Waals surface area contributed by atoms with E-state index in [2.05, 4.69) is 6.58 Å². The van der Waals surface area contributed by atoms with Crippen molar-refractivity contribution < 1.29 is 44.8 Å². The first-order valence-corrected chi connectivity index (χ1v) is 14.6. The van der Waals surface area contributed by atoms with Gasteiger partial charge in [0.1, 0.15) is 24.1 Å². The molecule has 0 unspecified atom stereocenters. The average Bonchev–Trinajstić information content (AvgIpc) is 3.13. The molecule has 1 aromatic rings. The van der Waals surface area contributed by atoms with Gasteiger partial charge in [0.15, 0.2) is 5.60 Å². The number of rotatable bonds is 11. The van der Waals surface area contributed by atoms with Gasteiger partial charge >= 0.3 is 0 Å². The van der Waals surface area contributed by atoms with Crippen molar-refractivity contribution in [1.29, 1.82) is 0 Å². The van der Waals surface area contributed by atoms with Gasteiger partial charge in [-0.25, -0.2) is 0 Å². The summed E-state index contributed by atoms with van der Waals surface area (Å²) in [6.45, 7) is 3.39. The molecule has 2 aliphatic heterocycles. The fourth-order valence-electron chi connectivity index (χ4n) is 6.51. The Morgan fingerprint density at radius 3 is 2.48 bits per heavy atom. The number of hydrogen-bond donors (Lipinski definition) is 6. The number of allylic oxidation sites excluding steroid dienone is 2. The number of benzene rings is 1. The van der Waals surface area contributed by atoms with E-state index in [-0.39, 0.29) is 32.0 Å². The standard InChI is InChI=1S/C31H46O9/c1-2-7-21-9-11-24(12-10-21)39-29-31(28(36)26(35)27(40-29)25(34)8-6-16-32)19-23(20-33)22(13-17-38-31)18-30(37)14-4-3-5-15-30/h2,9-13,17,22-23,25-29,32-37H,1,3-8,14-16,18-20H2/t22-,23-,25+,26-,27-,28+,29-,31+/m1/s1. The van der Waals surface area contributed by atoms with Crippen molar-refractivity contribution in [2.24, 2.45) is 11.8 Å². The molecule has 0 bridgehead atoms. The molecule has 40 heavy (non-hydrogen) atoms. The minimum atomic E-state index is -1.61. The van der Waals surface area contributed by atoms with Gasteiger partial charge in [-0.3, -0.25) is 0 Å². The maximum Gasteiger partial charge on any atom is 0.243 e. The molecule has 8 atom stereocenters. The van der Waals surface area contributed by atoms with Crippen molar-refractivity contribution in [3.8, 4) is 5.75 Å². The summed E-state index contributed by atoms with van der Waals surface area (Å²) in [6, 6.07) is 7.30. The van der Waals surface area contributed by atoms with Crippen molar-refractivity contribution in [3.63, 3.8) is 0 Å². The highest BCUT2D eigenvalue weighted by molar-refractivity contribution is 5.29. The lowest BCUT2D eigenvalue weighted by atomic mass is 9.71. The Kier molecular flexibility index (Phi) is 10.7. The molecule has 1 saturated carbocycles. The first-order chi connectivity index (χ1) is 19.2. The molecule has 0 radical (unpaired) electrons. The van der Waals surface area contributed by atoms with Crippen LogP contribution in [0.25, 0.3) is 0 Å². The van der Waals surface area contributed by atoms with Gasteiger partial charge in [0.05, 0.1) is 18.0 Å². The predicted molar refractivity (Wildman–Crippen MR) is 148 cm³/mol. The molecule has 0 aromatic heterocycles. The van der Waals surface area contributed by atoms with Gasteiger partial charge < -0.3 is 44.8 Å². The molecule has 1 aromatic carbocycles. The zero-order chi connectivity index (χ0) is 28.8. The fraction of sp³-hybridized carbons (Fsp3) is 0.677. The SMILES string of the molecule is C=CCc1ccc(O[C@@H]2O[C@H]([C@@H](O)CCCO)[C@@H](O)[C@H](O)[C@@]23C[C@H](CO)[C@@H](CC2(O)CCCCC2)C=CO3)cc1. The molecule has 3 aliphatic rings. The van der Waals surface area contributed by atoms with Crippen molar-refractivity contribution in [3.05, 3.63) is 54.8 Å². The Balaban J connectivity index is 1.63. The lowest BCUT2D eigenvalue weighted by Gasteiger charge is -2.51. The van der Waals surface area contributed by atoms with Crippen LogP contribution in [0, 0.1) is 11.8 Å². The summed E-state index contributed by atoms with van der Waals surface area (Å²) in [5.74, 6) is -0.217. The highest BCUT2D eigenvalue weighted by Crippen LogP contribution is 2.46. The second-order valence-corrected chi connectivity index (χ2v) is 11.8. The van der Waals surface area contributed by atoms with Crippen molar-refractivity contribution in [1.82, 2.24) is 0 Å². The van der Waals surface area contributed by atoms with Gasteiger partial charge in [0, 0.05) is 19.6 Å². The molecule has 4 rings (SSSR count). The summed E-state index contributed by atoms with van der Waals surface area (Å²) in [5.41, 5.74) is -1.41. The molecule has 2 heterocycles. The van der Waals surface area contributed by atoms with Gasteiger partial charge in [-0.05, 0) is 74.1 Å². The number of aliphatic hydroxyl groups is 6. The maximum absolute atomic E-state index is 11.6. The molecule has 6 N–H and O–H groups in total. The topological polar surface area (TPSA) is 149 Å². The molecule has 1 spiro atoms. The molecule has 224 valence electrons. The average molecular weight is 563 g/mol. The van der Waals surface area contributed by atoms with E-state index in [1.54, 1.807) is 18.2 Å². The lowest BCUT2D eigenvalue weighted by molar-refractivity contribution is -0.333. The molecule has 9 nitrogen and oxygen atoms in total. The number of aliphatic hydroxyl groups excluding tert-OH is 5. The van der Waals surface area contributed by atoms with Crippen LogP contribution in [0.2, 0.25) is 0 Å². The van der Waals surface area contributed by atoms with Gasteiger partial charge in [-0.2, -0.15) is 0 Å². The van der Waals surface area contributed by atoms with Crippen LogP contribution < -0.4 is 4.74 Å². The Morgan fingerprint density at radius 1 is 1.10 bits per heavy atom. The normalized spacial score (nSPS) is 34.5. The Bertz CT molecular complexity index is 960. The van der Waals surface area contributed by atoms with Crippen molar-refractivity contribution >= 4 is 0 Å². The van der Waals surface area contributed by atoms with E-state index in [0.29, 0.717) is 37.9 Å². The van der Waals surface area contributed by atoms with Crippen LogP contribution in [-0.4, -0.2) is 85.8 Å². The van der Waals surface area contributed by atoms with Crippen LogP contribution in [0.5, 0.6) is 5.75 Å². The van der Waals surface area contributed by atoms with E-state index >= 15 is 0 Å². The van der Waals surface area contributed by atoms with Crippen LogP contribution in [0.1, 0.15) is 63.4 Å². The van der Waals surface area contributed by atoms with E-state index in [4.69, 9.17) is 14.2 Å². The first kappa shape index (κ1) is 31.0. The summed E-state index contributed by atoms with van der Waals surface area (Å²) < 4.78 is 18.6. The second kappa shape index (κ2) is 13.8. The summed E-state index contributed by atoms with van der Waals surface area (Å²) in [4.78, 5) is 0. The zero-order valence-corrected chi connectivity index (χ0v) is 23.2. The fourth-order valence-corrected chi connectivity index (χ4v) is 6.51. The third-order valence-corrected chi connectivity index (χ3v) is 8.86. The van der Waals surface area contributed by atoms with Gasteiger partial charge in [-0.15, -0.1) is 6.58 Å². The van der Waals surface area contributed by atoms with Crippen molar-refractivity contribution in [2.45, 2.75) is 106 Å². The number of ether oxygens (including phenoxy) is 3. The molecule has 1 aliphatic carbocycles. The van der Waals surface area contributed by atoms with Gasteiger partial charge in [0.2, 0.25) is 6.29 Å². The lowest BCUT2D eigenvalue weighted by Crippen LogP contribution is -2.70. The first-order valence-electron chi connectivity index (χ1n) is 14.6. The monoisotopic (exact) mass is 562 g/mol. The molecular formula is C31H46O9. The highest BCUT2D eigenvalue weighted by atomic mass is 16.7. The molecule has 1 saturated heterocycles. The van der Waals surface area contributed by atoms with Gasteiger partial charge in [-0.1, -0.05) is 37.5 Å². The Labute approximate surface area is 236 Å². The van der Waals surface area contributed by atoms with E-state index in [9.17, 15) is 30.6 Å². The maximum atomic E-state index is 11.6. The third-order valence-electron chi connectivity index (χ3n) is 8.86. The van der Waals surface area contributed by atoms with E-state index < -0.39 is 47.8 Å². The highest BCUT2D eigenvalue weighted by Gasteiger charge is 2.61. The molecule has 2 fully saturated rings. The summed E-state index contributed by atoms with van der Waals surface area (Å²) in [6.07, 6.45) is 4.48. The molecular weight excluding hydrogens is 516 g/mol. The van der Waals surface area contributed by atoms with Crippen LogP contribution in [-0.2, 0) is 15.9 Å².